The Morgan fingerprint density at radius 2 is 2.00 bits per heavy atom. The lowest BCUT2D eigenvalue weighted by Gasteiger charge is -2.15. The van der Waals surface area contributed by atoms with Crippen molar-refractivity contribution >= 4 is 17.4 Å². The topological polar surface area (TPSA) is 86.8 Å². The molecule has 0 aliphatic carbocycles. The van der Waals surface area contributed by atoms with Crippen LogP contribution in [-0.2, 0) is 7.05 Å². The molecule has 7 heteroatoms. The van der Waals surface area contributed by atoms with Crippen LogP contribution in [0.15, 0.2) is 36.7 Å². The van der Waals surface area contributed by atoms with E-state index in [1.165, 1.54) is 0 Å². The van der Waals surface area contributed by atoms with Crippen molar-refractivity contribution in [1.82, 2.24) is 14.8 Å². The fraction of sp³-hybridized carbons (Fsp3) is 0.238. The van der Waals surface area contributed by atoms with Crippen LogP contribution in [0.4, 0.5) is 11.5 Å². The molecule has 0 radical (unpaired) electrons. The second-order valence-corrected chi connectivity index (χ2v) is 6.89. The Morgan fingerprint density at radius 1 is 1.25 bits per heavy atom. The van der Waals surface area contributed by atoms with E-state index in [9.17, 15) is 10.1 Å². The summed E-state index contributed by atoms with van der Waals surface area (Å²) in [7, 11) is 5.49. The van der Waals surface area contributed by atoms with Crippen LogP contribution >= 0.6 is 0 Å². The molecule has 2 heterocycles. The zero-order chi connectivity index (χ0) is 20.4. The number of hydrogen-bond donors (Lipinski definition) is 1. The Kier molecular flexibility index (Phi) is 5.14. The fourth-order valence-corrected chi connectivity index (χ4v) is 3.08. The fourth-order valence-electron chi connectivity index (χ4n) is 3.08. The zero-order valence-electron chi connectivity index (χ0n) is 16.6. The van der Waals surface area contributed by atoms with E-state index in [4.69, 9.17) is 0 Å². The van der Waals surface area contributed by atoms with Gasteiger partial charge in [-0.1, -0.05) is 6.07 Å². The number of anilines is 2. The minimum Gasteiger partial charge on any atom is -0.362 e. The number of nitrogens with one attached hydrogen (secondary N) is 1. The van der Waals surface area contributed by atoms with E-state index < -0.39 is 0 Å². The smallest absolute Gasteiger partial charge is 0.259 e. The average Bonchev–Trinajstić information content (AvgIpc) is 3.00. The maximum Gasteiger partial charge on any atom is 0.259 e. The summed E-state index contributed by atoms with van der Waals surface area (Å²) in [6.45, 7) is 3.79. The van der Waals surface area contributed by atoms with Crippen molar-refractivity contribution in [1.29, 1.82) is 5.26 Å². The molecule has 1 N–H and O–H groups in total. The number of nitrogens with zero attached hydrogens (tertiary/aromatic N) is 5. The van der Waals surface area contributed by atoms with Gasteiger partial charge in [0.05, 0.1) is 16.8 Å². The molecule has 1 aromatic carbocycles. The number of amides is 1. The van der Waals surface area contributed by atoms with Gasteiger partial charge in [-0.3, -0.25) is 9.48 Å². The number of rotatable bonds is 4. The largest absolute Gasteiger partial charge is 0.362 e. The molecule has 3 rings (SSSR count). The molecule has 0 saturated carbocycles. The van der Waals surface area contributed by atoms with Crippen molar-refractivity contribution in [2.75, 3.05) is 24.3 Å². The minimum absolute atomic E-state index is 0.209. The number of pyridine rings is 1. The minimum atomic E-state index is -0.209. The zero-order valence-corrected chi connectivity index (χ0v) is 16.6. The Morgan fingerprint density at radius 3 is 2.61 bits per heavy atom. The SMILES string of the molecule is Cc1ccc(NC(=O)c2cn(C)nc2C)cc1-c1cnc(N(C)C)c(C#N)c1. The molecule has 0 fully saturated rings. The normalized spacial score (nSPS) is 10.4. The molecule has 142 valence electrons. The van der Waals surface area contributed by atoms with Crippen molar-refractivity contribution in [2.45, 2.75) is 13.8 Å². The first-order valence-corrected chi connectivity index (χ1v) is 8.80. The Hall–Kier alpha value is -3.66. The number of carbonyl (C=O) groups is 1. The lowest BCUT2D eigenvalue weighted by molar-refractivity contribution is 0.102. The van der Waals surface area contributed by atoms with Crippen molar-refractivity contribution in [3.63, 3.8) is 0 Å². The summed E-state index contributed by atoms with van der Waals surface area (Å²) < 4.78 is 1.62. The molecule has 0 aliphatic rings. The van der Waals surface area contributed by atoms with Gasteiger partial charge in [0.2, 0.25) is 0 Å². The summed E-state index contributed by atoms with van der Waals surface area (Å²) in [5, 5.41) is 16.6. The van der Waals surface area contributed by atoms with Gasteiger partial charge in [0.1, 0.15) is 11.9 Å². The van der Waals surface area contributed by atoms with E-state index in [1.807, 2.05) is 50.2 Å². The van der Waals surface area contributed by atoms with E-state index in [1.54, 1.807) is 31.0 Å². The van der Waals surface area contributed by atoms with E-state index in [0.29, 0.717) is 28.3 Å². The Labute approximate surface area is 164 Å². The second kappa shape index (κ2) is 7.53. The molecule has 0 atom stereocenters. The Bertz CT molecular complexity index is 1090. The van der Waals surface area contributed by atoms with Crippen LogP contribution in [0.3, 0.4) is 0 Å². The predicted molar refractivity (Wildman–Crippen MR) is 109 cm³/mol. The van der Waals surface area contributed by atoms with Crippen LogP contribution in [0.1, 0.15) is 27.2 Å². The highest BCUT2D eigenvalue weighted by Crippen LogP contribution is 2.29. The number of aryl methyl sites for hydroxylation is 3. The second-order valence-electron chi connectivity index (χ2n) is 6.89. The maximum absolute atomic E-state index is 12.6. The van der Waals surface area contributed by atoms with Gasteiger partial charge in [-0.25, -0.2) is 4.98 Å². The molecule has 2 aromatic heterocycles. The van der Waals surface area contributed by atoms with E-state index in [-0.39, 0.29) is 5.91 Å². The number of nitriles is 1. The summed E-state index contributed by atoms with van der Waals surface area (Å²) in [6.07, 6.45) is 3.44. The van der Waals surface area contributed by atoms with Crippen molar-refractivity contribution in [2.24, 2.45) is 7.05 Å². The van der Waals surface area contributed by atoms with E-state index >= 15 is 0 Å². The number of carbonyl (C=O) groups excluding carboxylic acids is 1. The standard InChI is InChI=1S/C21H22N6O/c1-13-6-7-17(24-21(28)19-12-27(5)25-14(19)2)9-18(13)16-8-15(10-22)20(23-11-16)26(3)4/h6-9,11-12H,1-5H3,(H,24,28). The van der Waals surface area contributed by atoms with Gasteiger partial charge in [0.15, 0.2) is 0 Å². The van der Waals surface area contributed by atoms with Crippen LogP contribution in [0, 0.1) is 25.2 Å². The van der Waals surface area contributed by atoms with Gasteiger partial charge in [-0.15, -0.1) is 0 Å². The highest BCUT2D eigenvalue weighted by atomic mass is 16.1. The number of benzene rings is 1. The lowest BCUT2D eigenvalue weighted by Crippen LogP contribution is -2.13. The highest BCUT2D eigenvalue weighted by molar-refractivity contribution is 6.05. The first kappa shape index (κ1) is 19.1. The lowest BCUT2D eigenvalue weighted by atomic mass is 10.00. The van der Waals surface area contributed by atoms with Crippen LogP contribution in [0.25, 0.3) is 11.1 Å². The van der Waals surface area contributed by atoms with Gasteiger partial charge in [-0.2, -0.15) is 10.4 Å². The molecular weight excluding hydrogens is 352 g/mol. The third kappa shape index (κ3) is 3.71. The summed E-state index contributed by atoms with van der Waals surface area (Å²) in [5.74, 6) is 0.416. The molecule has 0 bridgehead atoms. The number of aromatic nitrogens is 3. The van der Waals surface area contributed by atoms with Crippen LogP contribution in [-0.4, -0.2) is 34.8 Å². The molecule has 0 saturated heterocycles. The summed E-state index contributed by atoms with van der Waals surface area (Å²) in [4.78, 5) is 18.8. The monoisotopic (exact) mass is 374 g/mol. The Balaban J connectivity index is 1.95. The molecule has 3 aromatic rings. The molecule has 1 amide bonds. The molecule has 0 spiro atoms. The van der Waals surface area contributed by atoms with Gasteiger partial charge < -0.3 is 10.2 Å². The quantitative estimate of drug-likeness (QED) is 0.757. The van der Waals surface area contributed by atoms with Crippen LogP contribution in [0.5, 0.6) is 0 Å². The van der Waals surface area contributed by atoms with Gasteiger partial charge >= 0.3 is 0 Å². The molecule has 28 heavy (non-hydrogen) atoms. The molecule has 0 unspecified atom stereocenters. The highest BCUT2D eigenvalue weighted by Gasteiger charge is 2.14. The molecule has 0 aliphatic heterocycles. The third-order valence-corrected chi connectivity index (χ3v) is 4.48. The molecule has 7 nitrogen and oxygen atoms in total. The predicted octanol–water partition coefficient (Wildman–Crippen LogP) is 3.29. The molecular formula is C21H22N6O. The summed E-state index contributed by atoms with van der Waals surface area (Å²) in [6, 6.07) is 9.71. The summed E-state index contributed by atoms with van der Waals surface area (Å²) >= 11 is 0. The third-order valence-electron chi connectivity index (χ3n) is 4.48. The van der Waals surface area contributed by atoms with Gasteiger partial charge in [-0.05, 0) is 43.2 Å². The van der Waals surface area contributed by atoms with Crippen molar-refractivity contribution < 1.29 is 4.79 Å². The van der Waals surface area contributed by atoms with Crippen LogP contribution in [0.2, 0.25) is 0 Å². The van der Waals surface area contributed by atoms with Gasteiger partial charge in [0.25, 0.3) is 5.91 Å². The van der Waals surface area contributed by atoms with E-state index in [0.717, 1.165) is 16.7 Å². The van der Waals surface area contributed by atoms with Crippen molar-refractivity contribution in [3.05, 3.63) is 59.0 Å². The number of hydrogen-bond acceptors (Lipinski definition) is 5. The van der Waals surface area contributed by atoms with Crippen LogP contribution < -0.4 is 10.2 Å². The van der Waals surface area contributed by atoms with Gasteiger partial charge in [0, 0.05) is 44.8 Å². The first-order chi connectivity index (χ1) is 13.3. The maximum atomic E-state index is 12.6. The van der Waals surface area contributed by atoms with E-state index in [2.05, 4.69) is 21.5 Å². The van der Waals surface area contributed by atoms with Crippen molar-refractivity contribution in [3.8, 4) is 17.2 Å². The average molecular weight is 374 g/mol. The first-order valence-electron chi connectivity index (χ1n) is 8.80. The summed E-state index contributed by atoms with van der Waals surface area (Å²) in [5.41, 5.74) is 5.15.